The van der Waals surface area contributed by atoms with Crippen LogP contribution in [0.2, 0.25) is 0 Å². The molecule has 0 aliphatic carbocycles. The normalized spacial score (nSPS) is 9.87. The topological polar surface area (TPSA) is 75.8 Å². The van der Waals surface area contributed by atoms with Crippen molar-refractivity contribution < 1.29 is 4.42 Å². The molecule has 0 spiro atoms. The highest BCUT2D eigenvalue weighted by Crippen LogP contribution is 2.27. The first-order valence-corrected chi connectivity index (χ1v) is 4.44. The molecule has 2 N–H and O–H groups in total. The fraction of sp³-hybridized carbons (Fsp3) is 0.0909. The van der Waals surface area contributed by atoms with Gasteiger partial charge in [0.05, 0.1) is 0 Å². The number of furan rings is 1. The van der Waals surface area contributed by atoms with E-state index in [4.69, 9.17) is 15.4 Å². The molecule has 0 aliphatic heterocycles. The van der Waals surface area contributed by atoms with Crippen LogP contribution in [0.3, 0.4) is 0 Å². The molecule has 2 aromatic heterocycles. The summed E-state index contributed by atoms with van der Waals surface area (Å²) in [5.74, 6) is 1.66. The fourth-order valence-corrected chi connectivity index (χ4v) is 1.38. The van der Waals surface area contributed by atoms with Gasteiger partial charge >= 0.3 is 0 Å². The minimum atomic E-state index is 0.226. The fourth-order valence-electron chi connectivity index (χ4n) is 1.38. The van der Waals surface area contributed by atoms with Crippen molar-refractivity contribution in [3.63, 3.8) is 0 Å². The van der Waals surface area contributed by atoms with Gasteiger partial charge in [0.2, 0.25) is 0 Å². The predicted molar refractivity (Wildman–Crippen MR) is 55.8 cm³/mol. The molecule has 0 aliphatic rings. The van der Waals surface area contributed by atoms with Crippen molar-refractivity contribution in [3.8, 4) is 17.4 Å². The highest BCUT2D eigenvalue weighted by atomic mass is 16.3. The summed E-state index contributed by atoms with van der Waals surface area (Å²) in [6.45, 7) is 1.85. The Morgan fingerprint density at radius 3 is 2.80 bits per heavy atom. The summed E-state index contributed by atoms with van der Waals surface area (Å²) in [5, 5.41) is 8.96. The van der Waals surface area contributed by atoms with Gasteiger partial charge in [-0.1, -0.05) is 0 Å². The molecule has 0 atom stereocenters. The first-order chi connectivity index (χ1) is 7.22. The SMILES string of the molecule is Cc1ccc(-c2ccnc(N)c2C#N)o1. The van der Waals surface area contributed by atoms with Gasteiger partial charge in [-0.05, 0) is 25.1 Å². The van der Waals surface area contributed by atoms with Gasteiger partial charge in [-0.15, -0.1) is 0 Å². The maximum atomic E-state index is 8.96. The lowest BCUT2D eigenvalue weighted by molar-refractivity contribution is 0.548. The van der Waals surface area contributed by atoms with E-state index in [9.17, 15) is 0 Å². The predicted octanol–water partition coefficient (Wildman–Crippen LogP) is 2.10. The number of aryl methyl sites for hydroxylation is 1. The summed E-state index contributed by atoms with van der Waals surface area (Å²) < 4.78 is 5.43. The number of aromatic nitrogens is 1. The number of hydrogen-bond acceptors (Lipinski definition) is 4. The number of nitrogens with two attached hydrogens (primary N) is 1. The molecule has 0 saturated heterocycles. The van der Waals surface area contributed by atoms with Crippen molar-refractivity contribution in [1.29, 1.82) is 5.26 Å². The maximum absolute atomic E-state index is 8.96. The van der Waals surface area contributed by atoms with Crippen LogP contribution in [0.1, 0.15) is 11.3 Å². The first kappa shape index (κ1) is 9.28. The third kappa shape index (κ3) is 1.55. The quantitative estimate of drug-likeness (QED) is 0.763. The lowest BCUT2D eigenvalue weighted by atomic mass is 10.1. The molecule has 2 rings (SSSR count). The standard InChI is InChI=1S/C11H9N3O/c1-7-2-3-10(15-7)8-4-5-14-11(13)9(8)6-12/h2-5H,1H3,(H2,13,14). The van der Waals surface area contributed by atoms with Gasteiger partial charge in [-0.25, -0.2) is 4.98 Å². The molecular weight excluding hydrogens is 190 g/mol. The van der Waals surface area contributed by atoms with Crippen LogP contribution in [0.5, 0.6) is 0 Å². The number of rotatable bonds is 1. The van der Waals surface area contributed by atoms with E-state index >= 15 is 0 Å². The second-order valence-corrected chi connectivity index (χ2v) is 3.14. The minimum absolute atomic E-state index is 0.226. The second kappa shape index (κ2) is 3.46. The van der Waals surface area contributed by atoms with E-state index in [-0.39, 0.29) is 5.82 Å². The van der Waals surface area contributed by atoms with Crippen LogP contribution in [-0.4, -0.2) is 4.98 Å². The zero-order valence-electron chi connectivity index (χ0n) is 8.19. The number of nitrogens with zero attached hydrogens (tertiary/aromatic N) is 2. The van der Waals surface area contributed by atoms with E-state index in [1.165, 1.54) is 0 Å². The zero-order valence-corrected chi connectivity index (χ0v) is 8.19. The highest BCUT2D eigenvalue weighted by Gasteiger charge is 2.11. The molecule has 74 valence electrons. The van der Waals surface area contributed by atoms with E-state index in [1.54, 1.807) is 12.3 Å². The number of nitriles is 1. The number of nitrogen functional groups attached to an aromatic ring is 1. The van der Waals surface area contributed by atoms with Crippen LogP contribution in [-0.2, 0) is 0 Å². The molecule has 0 bridgehead atoms. The van der Waals surface area contributed by atoms with Crippen molar-refractivity contribution >= 4 is 5.82 Å². The Labute approximate surface area is 87.0 Å². The third-order valence-electron chi connectivity index (χ3n) is 2.10. The van der Waals surface area contributed by atoms with Gasteiger partial charge in [0, 0.05) is 11.8 Å². The van der Waals surface area contributed by atoms with Crippen LogP contribution in [0.4, 0.5) is 5.82 Å². The Bertz CT molecular complexity index is 537. The smallest absolute Gasteiger partial charge is 0.142 e. The second-order valence-electron chi connectivity index (χ2n) is 3.14. The summed E-state index contributed by atoms with van der Waals surface area (Å²) in [7, 11) is 0. The average Bonchev–Trinajstić information content (AvgIpc) is 2.64. The molecule has 15 heavy (non-hydrogen) atoms. The molecular formula is C11H9N3O. The Morgan fingerprint density at radius 1 is 1.40 bits per heavy atom. The van der Waals surface area contributed by atoms with Crippen LogP contribution >= 0.6 is 0 Å². The number of hydrogen-bond donors (Lipinski definition) is 1. The maximum Gasteiger partial charge on any atom is 0.142 e. The van der Waals surface area contributed by atoms with Crippen LogP contribution < -0.4 is 5.73 Å². The molecule has 0 aromatic carbocycles. The van der Waals surface area contributed by atoms with E-state index in [0.717, 1.165) is 5.76 Å². The molecule has 0 unspecified atom stereocenters. The number of pyridine rings is 1. The van der Waals surface area contributed by atoms with Gasteiger partial charge in [0.15, 0.2) is 0 Å². The summed E-state index contributed by atoms with van der Waals surface area (Å²) in [5.41, 5.74) is 6.63. The lowest BCUT2D eigenvalue weighted by Gasteiger charge is -2.01. The van der Waals surface area contributed by atoms with E-state index in [1.807, 2.05) is 25.1 Å². The van der Waals surface area contributed by atoms with E-state index in [2.05, 4.69) is 4.98 Å². The summed E-state index contributed by atoms with van der Waals surface area (Å²) in [4.78, 5) is 3.86. The molecule has 4 nitrogen and oxygen atoms in total. The molecule has 0 amide bonds. The third-order valence-corrected chi connectivity index (χ3v) is 2.10. The first-order valence-electron chi connectivity index (χ1n) is 4.44. The average molecular weight is 199 g/mol. The van der Waals surface area contributed by atoms with E-state index < -0.39 is 0 Å². The Balaban J connectivity index is 2.63. The van der Waals surface area contributed by atoms with Gasteiger partial charge in [-0.2, -0.15) is 5.26 Å². The van der Waals surface area contributed by atoms with Gasteiger partial charge in [0.1, 0.15) is 29.0 Å². The van der Waals surface area contributed by atoms with Crippen LogP contribution in [0.25, 0.3) is 11.3 Å². The monoisotopic (exact) mass is 199 g/mol. The van der Waals surface area contributed by atoms with Crippen LogP contribution in [0, 0.1) is 18.3 Å². The van der Waals surface area contributed by atoms with Gasteiger partial charge in [0.25, 0.3) is 0 Å². The largest absolute Gasteiger partial charge is 0.461 e. The summed E-state index contributed by atoms with van der Waals surface area (Å²) >= 11 is 0. The molecule has 2 aromatic rings. The van der Waals surface area contributed by atoms with Gasteiger partial charge in [-0.3, -0.25) is 0 Å². The molecule has 0 fully saturated rings. The molecule has 2 heterocycles. The minimum Gasteiger partial charge on any atom is -0.461 e. The Kier molecular flexibility index (Phi) is 2.14. The van der Waals surface area contributed by atoms with Crippen molar-refractivity contribution in [3.05, 3.63) is 35.7 Å². The summed E-state index contributed by atoms with van der Waals surface area (Å²) in [6.07, 6.45) is 1.56. The zero-order chi connectivity index (χ0) is 10.8. The molecule has 4 heteroatoms. The highest BCUT2D eigenvalue weighted by molar-refractivity contribution is 5.71. The Morgan fingerprint density at radius 2 is 2.20 bits per heavy atom. The molecule has 0 saturated carbocycles. The Hall–Kier alpha value is -2.28. The van der Waals surface area contributed by atoms with Crippen molar-refractivity contribution in [1.82, 2.24) is 4.98 Å². The van der Waals surface area contributed by atoms with Crippen molar-refractivity contribution in [2.24, 2.45) is 0 Å². The van der Waals surface area contributed by atoms with E-state index in [0.29, 0.717) is 16.9 Å². The summed E-state index contributed by atoms with van der Waals surface area (Å²) in [6, 6.07) is 7.39. The van der Waals surface area contributed by atoms with Crippen molar-refractivity contribution in [2.75, 3.05) is 5.73 Å². The van der Waals surface area contributed by atoms with Gasteiger partial charge < -0.3 is 10.2 Å². The number of anilines is 1. The molecule has 0 radical (unpaired) electrons. The van der Waals surface area contributed by atoms with Crippen molar-refractivity contribution in [2.45, 2.75) is 6.92 Å². The lowest BCUT2D eigenvalue weighted by Crippen LogP contribution is -1.95. The van der Waals surface area contributed by atoms with Crippen LogP contribution in [0.15, 0.2) is 28.8 Å².